The van der Waals surface area contributed by atoms with E-state index in [1.807, 2.05) is 0 Å². The third kappa shape index (κ3) is 9.17. The first kappa shape index (κ1) is 36.1. The number of pyridine rings is 2. The van der Waals surface area contributed by atoms with Crippen LogP contribution in [-0.4, -0.2) is 97.4 Å². The number of carbonyl (C=O) groups is 2. The second kappa shape index (κ2) is 15.3. The molecule has 0 spiro atoms. The maximum absolute atomic E-state index is 13.6. The fraction of sp³-hybridized carbons (Fsp3) is 0.455. The number of rotatable bonds is 14. The number of aromatic nitrogens is 2. The van der Waals surface area contributed by atoms with Crippen LogP contribution in [0.3, 0.4) is 0 Å². The lowest BCUT2D eigenvalue weighted by Crippen LogP contribution is -2.58. The van der Waals surface area contributed by atoms with Crippen molar-refractivity contribution in [3.63, 3.8) is 0 Å². The Morgan fingerprint density at radius 1 is 1.04 bits per heavy atom. The fourth-order valence-corrected chi connectivity index (χ4v) is 5.66. The van der Waals surface area contributed by atoms with Crippen LogP contribution in [0.15, 0.2) is 47.4 Å². The number of hydrogen-bond donors (Lipinski definition) is 2. The Kier molecular flexibility index (Phi) is 10.8. The van der Waals surface area contributed by atoms with Crippen molar-refractivity contribution in [3.8, 4) is 22.8 Å². The third-order valence-electron chi connectivity index (χ3n) is 8.16. The standard InChI is InChI=1S/C33H33F6N5O7/c34-26(35)15-50-28-9-19(23-4-3-21(51-32(36)37)10-24(23)30(46)43-16-33(38,39)17-43)8-27(41-28)42-29(45)25-7-18(13-44(31(25)47)20-1-2-20)11-40-12-22-14-48-5-6-49-22/h3-4,7-10,13,20,22,26,32,40H,1-2,5-6,11-12,14-17H2,(H,41,42,45)/t22-/m1/s1. The van der Waals surface area contributed by atoms with Crippen molar-refractivity contribution in [1.29, 1.82) is 0 Å². The highest BCUT2D eigenvalue weighted by Crippen LogP contribution is 2.36. The summed E-state index contributed by atoms with van der Waals surface area (Å²) in [5.41, 5.74) is -0.508. The van der Waals surface area contributed by atoms with E-state index in [1.165, 1.54) is 22.8 Å². The minimum absolute atomic E-state index is 0.0195. The highest BCUT2D eigenvalue weighted by molar-refractivity contribution is 6.05. The predicted molar refractivity (Wildman–Crippen MR) is 168 cm³/mol. The van der Waals surface area contributed by atoms with E-state index >= 15 is 0 Å². The summed E-state index contributed by atoms with van der Waals surface area (Å²) in [7, 11) is 0. The van der Waals surface area contributed by atoms with E-state index in [0.29, 0.717) is 31.9 Å². The average Bonchev–Trinajstić information content (AvgIpc) is 3.92. The molecular weight excluding hydrogens is 692 g/mol. The first-order valence-electron chi connectivity index (χ1n) is 16.0. The van der Waals surface area contributed by atoms with E-state index in [4.69, 9.17) is 14.2 Å². The molecule has 4 heterocycles. The van der Waals surface area contributed by atoms with Crippen LogP contribution in [0.1, 0.15) is 45.2 Å². The van der Waals surface area contributed by atoms with Gasteiger partial charge in [-0.1, -0.05) is 0 Å². The van der Waals surface area contributed by atoms with E-state index in [2.05, 4.69) is 20.4 Å². The van der Waals surface area contributed by atoms with E-state index < -0.39 is 67.7 Å². The molecule has 0 unspecified atom stereocenters. The number of ether oxygens (including phenoxy) is 4. The number of amides is 2. The Balaban J connectivity index is 1.31. The fourth-order valence-electron chi connectivity index (χ4n) is 5.66. The summed E-state index contributed by atoms with van der Waals surface area (Å²) < 4.78 is 102. The van der Waals surface area contributed by atoms with Crippen molar-refractivity contribution in [2.75, 3.05) is 51.4 Å². The molecule has 274 valence electrons. The van der Waals surface area contributed by atoms with Crippen molar-refractivity contribution >= 4 is 17.6 Å². The summed E-state index contributed by atoms with van der Waals surface area (Å²) in [5, 5.41) is 5.73. The molecule has 1 aromatic carbocycles. The molecule has 3 aromatic rings. The lowest BCUT2D eigenvalue weighted by molar-refractivity contribution is -0.113. The van der Waals surface area contributed by atoms with Gasteiger partial charge in [0.1, 0.15) is 17.1 Å². The number of likely N-dealkylation sites (tertiary alicyclic amines) is 1. The summed E-state index contributed by atoms with van der Waals surface area (Å²) in [6.07, 6.45) is 0.0870. The highest BCUT2D eigenvalue weighted by atomic mass is 19.3. The molecule has 2 saturated heterocycles. The largest absolute Gasteiger partial charge is 0.472 e. The Morgan fingerprint density at radius 2 is 1.82 bits per heavy atom. The number of carbonyl (C=O) groups excluding carboxylic acids is 2. The summed E-state index contributed by atoms with van der Waals surface area (Å²) in [6, 6.07) is 6.93. The first-order chi connectivity index (χ1) is 24.3. The van der Waals surface area contributed by atoms with Gasteiger partial charge in [0.25, 0.3) is 29.7 Å². The minimum atomic E-state index is -3.26. The SMILES string of the molecule is O=C(Nc1cc(-c2ccc(OC(F)F)cc2C(=O)N2CC(F)(F)C2)cc(OCC(F)F)n1)c1cc(CNC[C@@H]2COCCO2)cn(C2CC2)c1=O. The topological polar surface area (TPSA) is 133 Å². The zero-order valence-corrected chi connectivity index (χ0v) is 26.9. The smallest absolute Gasteiger partial charge is 0.387 e. The molecule has 0 bridgehead atoms. The first-order valence-corrected chi connectivity index (χ1v) is 16.0. The minimum Gasteiger partial charge on any atom is -0.472 e. The van der Waals surface area contributed by atoms with Gasteiger partial charge in [-0.15, -0.1) is 0 Å². The van der Waals surface area contributed by atoms with Crippen LogP contribution in [0.5, 0.6) is 11.6 Å². The lowest BCUT2D eigenvalue weighted by atomic mass is 9.97. The van der Waals surface area contributed by atoms with Crippen LogP contribution in [0.25, 0.3) is 11.1 Å². The number of nitrogens with zero attached hydrogens (tertiary/aromatic N) is 3. The Hall–Kier alpha value is -4.68. The molecule has 51 heavy (non-hydrogen) atoms. The molecule has 3 fully saturated rings. The molecule has 2 N–H and O–H groups in total. The summed E-state index contributed by atoms with van der Waals surface area (Å²) in [6.45, 7) is -4.03. The summed E-state index contributed by atoms with van der Waals surface area (Å²) in [5.74, 6) is -6.11. The Labute approximate surface area is 286 Å². The van der Waals surface area contributed by atoms with Crippen LogP contribution in [-0.2, 0) is 16.0 Å². The number of nitrogens with one attached hydrogen (secondary N) is 2. The van der Waals surface area contributed by atoms with Gasteiger partial charge in [0.2, 0.25) is 5.88 Å². The van der Waals surface area contributed by atoms with E-state index in [-0.39, 0.29) is 46.8 Å². The van der Waals surface area contributed by atoms with E-state index in [9.17, 15) is 40.7 Å². The molecule has 2 aromatic heterocycles. The van der Waals surface area contributed by atoms with Crippen molar-refractivity contribution < 1.29 is 54.9 Å². The second-order valence-electron chi connectivity index (χ2n) is 12.2. The maximum Gasteiger partial charge on any atom is 0.387 e. The van der Waals surface area contributed by atoms with Crippen molar-refractivity contribution in [3.05, 3.63) is 69.6 Å². The molecule has 1 aliphatic carbocycles. The number of hydrogen-bond acceptors (Lipinski definition) is 9. The van der Waals surface area contributed by atoms with Gasteiger partial charge in [-0.2, -0.15) is 13.8 Å². The molecule has 6 rings (SSSR count). The molecular formula is C33H33F6N5O7. The third-order valence-corrected chi connectivity index (χ3v) is 8.16. The maximum atomic E-state index is 13.6. The zero-order valence-electron chi connectivity index (χ0n) is 26.9. The number of benzene rings is 1. The van der Waals surface area contributed by atoms with Crippen LogP contribution in [0.4, 0.5) is 32.2 Å². The van der Waals surface area contributed by atoms with E-state index in [0.717, 1.165) is 35.9 Å². The lowest BCUT2D eigenvalue weighted by Gasteiger charge is -2.39. The van der Waals surface area contributed by atoms with E-state index in [1.54, 1.807) is 6.20 Å². The van der Waals surface area contributed by atoms with Gasteiger partial charge in [0.15, 0.2) is 6.61 Å². The van der Waals surface area contributed by atoms with Crippen LogP contribution in [0.2, 0.25) is 0 Å². The van der Waals surface area contributed by atoms with Gasteiger partial charge in [-0.05, 0) is 59.9 Å². The van der Waals surface area contributed by atoms with Gasteiger partial charge < -0.3 is 39.0 Å². The molecule has 3 aliphatic rings. The van der Waals surface area contributed by atoms with Gasteiger partial charge in [-0.3, -0.25) is 14.4 Å². The average molecular weight is 726 g/mol. The summed E-state index contributed by atoms with van der Waals surface area (Å²) in [4.78, 5) is 45.2. The molecule has 2 amide bonds. The monoisotopic (exact) mass is 725 g/mol. The van der Waals surface area contributed by atoms with Crippen molar-refractivity contribution in [2.45, 2.75) is 50.5 Å². The predicted octanol–water partition coefficient (Wildman–Crippen LogP) is 4.34. The van der Waals surface area contributed by atoms with Gasteiger partial charge in [0, 0.05) is 31.4 Å². The van der Waals surface area contributed by atoms with Crippen molar-refractivity contribution in [1.82, 2.24) is 19.8 Å². The Morgan fingerprint density at radius 3 is 2.49 bits per heavy atom. The van der Waals surface area contributed by atoms with Crippen LogP contribution < -0.4 is 25.7 Å². The molecule has 1 saturated carbocycles. The van der Waals surface area contributed by atoms with Gasteiger partial charge in [0.05, 0.1) is 44.6 Å². The number of alkyl halides is 6. The molecule has 0 radical (unpaired) electrons. The molecule has 1 atom stereocenters. The quantitative estimate of drug-likeness (QED) is 0.233. The molecule has 12 nitrogen and oxygen atoms in total. The normalized spacial score (nSPS) is 18.4. The van der Waals surface area contributed by atoms with Crippen molar-refractivity contribution in [2.24, 2.45) is 0 Å². The highest BCUT2D eigenvalue weighted by Gasteiger charge is 2.46. The molecule has 18 heteroatoms. The Bertz CT molecular complexity index is 1810. The van der Waals surface area contributed by atoms with Crippen LogP contribution in [0, 0.1) is 0 Å². The molecule has 2 aliphatic heterocycles. The van der Waals surface area contributed by atoms with Gasteiger partial charge >= 0.3 is 6.61 Å². The second-order valence-corrected chi connectivity index (χ2v) is 12.2. The number of anilines is 1. The summed E-state index contributed by atoms with van der Waals surface area (Å²) >= 11 is 0. The van der Waals surface area contributed by atoms with Crippen LogP contribution >= 0.6 is 0 Å². The van der Waals surface area contributed by atoms with Gasteiger partial charge in [-0.25, -0.2) is 17.6 Å². The number of halogens is 6. The zero-order chi connectivity index (χ0) is 36.3.